The molecule has 1 aromatic carbocycles. The van der Waals surface area contributed by atoms with Gasteiger partial charge in [0.2, 0.25) is 5.95 Å². The lowest BCUT2D eigenvalue weighted by Gasteiger charge is -2.27. The number of hydrazone groups is 1. The van der Waals surface area contributed by atoms with Crippen LogP contribution in [0.15, 0.2) is 29.4 Å². The van der Waals surface area contributed by atoms with Gasteiger partial charge in [0.1, 0.15) is 0 Å². The van der Waals surface area contributed by atoms with Crippen molar-refractivity contribution < 1.29 is 14.2 Å². The number of benzene rings is 1. The van der Waals surface area contributed by atoms with E-state index in [2.05, 4.69) is 25.4 Å². The predicted molar refractivity (Wildman–Crippen MR) is 105 cm³/mol. The molecule has 2 heterocycles. The summed E-state index contributed by atoms with van der Waals surface area (Å²) in [6, 6.07) is 7.56. The Hall–Kier alpha value is -2.87. The van der Waals surface area contributed by atoms with Gasteiger partial charge >= 0.3 is 0 Å². The third-order valence-corrected chi connectivity index (χ3v) is 4.28. The van der Waals surface area contributed by atoms with Crippen LogP contribution in [0.5, 0.6) is 11.5 Å². The number of rotatable bonds is 6. The number of aromatic nitrogens is 2. The molecule has 1 aliphatic rings. The minimum atomic E-state index is 0.656. The molecule has 0 bridgehead atoms. The van der Waals surface area contributed by atoms with Crippen molar-refractivity contribution in [3.05, 3.63) is 35.5 Å². The van der Waals surface area contributed by atoms with Gasteiger partial charge in [-0.25, -0.2) is 4.98 Å². The summed E-state index contributed by atoms with van der Waals surface area (Å²) in [5.41, 5.74) is 5.65. The number of ether oxygens (including phenoxy) is 3. The van der Waals surface area contributed by atoms with Crippen LogP contribution in [-0.2, 0) is 4.74 Å². The van der Waals surface area contributed by atoms with Crippen LogP contribution in [0.25, 0.3) is 0 Å². The van der Waals surface area contributed by atoms with Crippen LogP contribution < -0.4 is 19.8 Å². The molecule has 1 saturated heterocycles. The van der Waals surface area contributed by atoms with E-state index in [1.807, 2.05) is 38.1 Å². The molecule has 0 saturated carbocycles. The second-order valence-electron chi connectivity index (χ2n) is 6.17. The van der Waals surface area contributed by atoms with Gasteiger partial charge in [0.05, 0.1) is 33.1 Å². The largest absolute Gasteiger partial charge is 0.493 e. The van der Waals surface area contributed by atoms with Gasteiger partial charge in [-0.1, -0.05) is 0 Å². The van der Waals surface area contributed by atoms with Crippen molar-refractivity contribution in [2.24, 2.45) is 5.10 Å². The molecule has 3 rings (SSSR count). The fourth-order valence-electron chi connectivity index (χ4n) is 2.78. The van der Waals surface area contributed by atoms with E-state index in [1.54, 1.807) is 14.2 Å². The van der Waals surface area contributed by atoms with E-state index < -0.39 is 0 Å². The quantitative estimate of drug-likeness (QED) is 0.617. The highest BCUT2D eigenvalue weighted by Crippen LogP contribution is 2.27. The number of anilines is 2. The maximum Gasteiger partial charge on any atom is 0.227 e. The molecule has 0 aliphatic carbocycles. The topological polar surface area (TPSA) is 81.1 Å². The van der Waals surface area contributed by atoms with Crippen molar-refractivity contribution in [2.75, 3.05) is 50.8 Å². The molecule has 8 nitrogen and oxygen atoms in total. The molecule has 144 valence electrons. The number of hydrogen-bond donors (Lipinski definition) is 1. The number of nitrogens with one attached hydrogen (secondary N) is 1. The highest BCUT2D eigenvalue weighted by Gasteiger charge is 2.15. The molecule has 0 amide bonds. The number of methoxy groups -OCH3 is 2. The summed E-state index contributed by atoms with van der Waals surface area (Å²) in [6.07, 6.45) is 0. The Kier molecular flexibility index (Phi) is 6.08. The van der Waals surface area contributed by atoms with E-state index in [0.29, 0.717) is 36.5 Å². The van der Waals surface area contributed by atoms with E-state index >= 15 is 0 Å². The summed E-state index contributed by atoms with van der Waals surface area (Å²) in [5, 5.41) is 4.46. The zero-order chi connectivity index (χ0) is 19.2. The summed E-state index contributed by atoms with van der Waals surface area (Å²) in [7, 11) is 3.23. The first-order valence-corrected chi connectivity index (χ1v) is 8.82. The molecule has 0 unspecified atom stereocenters. The van der Waals surface area contributed by atoms with Crippen molar-refractivity contribution in [1.29, 1.82) is 0 Å². The van der Waals surface area contributed by atoms with Crippen LogP contribution in [0.4, 0.5) is 11.8 Å². The molecule has 0 radical (unpaired) electrons. The van der Waals surface area contributed by atoms with Gasteiger partial charge in [0.25, 0.3) is 0 Å². The molecule has 1 N–H and O–H groups in total. The number of aryl methyl sites for hydroxylation is 1. The van der Waals surface area contributed by atoms with E-state index in [1.165, 1.54) is 0 Å². The first kappa shape index (κ1) is 18.9. The Balaban J connectivity index is 1.77. The molecule has 8 heteroatoms. The van der Waals surface area contributed by atoms with Crippen LogP contribution in [0.3, 0.4) is 0 Å². The van der Waals surface area contributed by atoms with Crippen LogP contribution in [0.2, 0.25) is 0 Å². The molecule has 27 heavy (non-hydrogen) atoms. The van der Waals surface area contributed by atoms with Gasteiger partial charge in [-0.3, -0.25) is 5.43 Å². The van der Waals surface area contributed by atoms with Crippen LogP contribution in [-0.4, -0.2) is 56.2 Å². The summed E-state index contributed by atoms with van der Waals surface area (Å²) in [5.74, 6) is 2.70. The van der Waals surface area contributed by atoms with Crippen molar-refractivity contribution in [2.45, 2.75) is 13.8 Å². The lowest BCUT2D eigenvalue weighted by molar-refractivity contribution is 0.122. The zero-order valence-corrected chi connectivity index (χ0v) is 16.2. The van der Waals surface area contributed by atoms with Crippen LogP contribution in [0.1, 0.15) is 18.2 Å². The van der Waals surface area contributed by atoms with Gasteiger partial charge in [0.15, 0.2) is 17.3 Å². The molecule has 0 spiro atoms. The summed E-state index contributed by atoms with van der Waals surface area (Å²) < 4.78 is 16.0. The number of hydrogen-bond acceptors (Lipinski definition) is 8. The van der Waals surface area contributed by atoms with Gasteiger partial charge in [-0.05, 0) is 32.0 Å². The summed E-state index contributed by atoms with van der Waals surface area (Å²) in [6.45, 7) is 6.83. The first-order valence-electron chi connectivity index (χ1n) is 8.82. The average Bonchev–Trinajstić information content (AvgIpc) is 2.71. The standard InChI is InChI=1S/C19H25N5O3/c1-13-11-18(21-19(20-13)24-7-9-27-10-8-24)23-22-14(2)15-5-6-16(25-3)17(12-15)26-4/h5-6,11-12H,7-10H2,1-4H3,(H,20,21,23)/b22-14-. The second-order valence-corrected chi connectivity index (χ2v) is 6.17. The molecule has 0 atom stereocenters. The molecule has 1 fully saturated rings. The third-order valence-electron chi connectivity index (χ3n) is 4.28. The van der Waals surface area contributed by atoms with Gasteiger partial charge in [0, 0.05) is 30.4 Å². The van der Waals surface area contributed by atoms with Crippen LogP contribution >= 0.6 is 0 Å². The van der Waals surface area contributed by atoms with Crippen molar-refractivity contribution in [1.82, 2.24) is 9.97 Å². The molecule has 2 aromatic rings. The smallest absolute Gasteiger partial charge is 0.227 e. The maximum atomic E-state index is 5.39. The Morgan fingerprint density at radius 3 is 2.56 bits per heavy atom. The summed E-state index contributed by atoms with van der Waals surface area (Å²) >= 11 is 0. The van der Waals surface area contributed by atoms with Crippen molar-refractivity contribution in [3.63, 3.8) is 0 Å². The van der Waals surface area contributed by atoms with E-state index in [-0.39, 0.29) is 0 Å². The predicted octanol–water partition coefficient (Wildman–Crippen LogP) is 2.47. The Labute approximate surface area is 159 Å². The molecule has 1 aromatic heterocycles. The minimum absolute atomic E-state index is 0.656. The fraction of sp³-hybridized carbons (Fsp3) is 0.421. The lowest BCUT2D eigenvalue weighted by Crippen LogP contribution is -2.37. The highest BCUT2D eigenvalue weighted by molar-refractivity contribution is 5.99. The highest BCUT2D eigenvalue weighted by atomic mass is 16.5. The minimum Gasteiger partial charge on any atom is -0.493 e. The summed E-state index contributed by atoms with van der Waals surface area (Å²) in [4.78, 5) is 11.2. The van der Waals surface area contributed by atoms with Gasteiger partial charge in [-0.15, -0.1) is 0 Å². The number of morpholine rings is 1. The molecule has 1 aliphatic heterocycles. The molecular formula is C19H25N5O3. The first-order chi connectivity index (χ1) is 13.1. The lowest BCUT2D eigenvalue weighted by atomic mass is 10.1. The normalized spacial score (nSPS) is 14.8. The third kappa shape index (κ3) is 4.65. The second kappa shape index (κ2) is 8.68. The average molecular weight is 371 g/mol. The Bertz CT molecular complexity index is 819. The monoisotopic (exact) mass is 371 g/mol. The van der Waals surface area contributed by atoms with E-state index in [4.69, 9.17) is 14.2 Å². The SMILES string of the molecule is COc1ccc(/C(C)=N\Nc2cc(C)nc(N3CCOCC3)n2)cc1OC. The van der Waals surface area contributed by atoms with Gasteiger partial charge in [-0.2, -0.15) is 10.1 Å². The Morgan fingerprint density at radius 2 is 1.85 bits per heavy atom. The number of nitrogens with zero attached hydrogens (tertiary/aromatic N) is 4. The van der Waals surface area contributed by atoms with Crippen molar-refractivity contribution in [3.8, 4) is 11.5 Å². The van der Waals surface area contributed by atoms with E-state index in [9.17, 15) is 0 Å². The van der Waals surface area contributed by atoms with E-state index in [0.717, 1.165) is 30.1 Å². The van der Waals surface area contributed by atoms with Crippen molar-refractivity contribution >= 4 is 17.5 Å². The Morgan fingerprint density at radius 1 is 1.11 bits per heavy atom. The maximum absolute atomic E-state index is 5.39. The zero-order valence-electron chi connectivity index (χ0n) is 16.2. The van der Waals surface area contributed by atoms with Crippen LogP contribution in [0, 0.1) is 6.92 Å². The fourth-order valence-corrected chi connectivity index (χ4v) is 2.78. The molecular weight excluding hydrogens is 346 g/mol. The van der Waals surface area contributed by atoms with Gasteiger partial charge < -0.3 is 19.1 Å².